The van der Waals surface area contributed by atoms with Gasteiger partial charge in [0.2, 0.25) is 11.8 Å². The van der Waals surface area contributed by atoms with Crippen LogP contribution >= 0.6 is 11.8 Å². The van der Waals surface area contributed by atoms with Gasteiger partial charge in [0.15, 0.2) is 0 Å². The molecule has 170 valence electrons. The summed E-state index contributed by atoms with van der Waals surface area (Å²) in [6, 6.07) is 4.67. The van der Waals surface area contributed by atoms with Gasteiger partial charge in [0.25, 0.3) is 11.6 Å². The molecule has 10 heteroatoms. The zero-order chi connectivity index (χ0) is 22.8. The van der Waals surface area contributed by atoms with Crippen molar-refractivity contribution in [1.29, 1.82) is 0 Å². The molecule has 2 N–H and O–H groups in total. The lowest BCUT2D eigenvalue weighted by atomic mass is 9.96. The number of nitro benzene ring substituents is 1. The lowest BCUT2D eigenvalue weighted by Gasteiger charge is -2.34. The van der Waals surface area contributed by atoms with E-state index in [1.807, 2.05) is 13.2 Å². The Morgan fingerprint density at radius 3 is 2.81 bits per heavy atom. The minimum absolute atomic E-state index is 0.0411. The SMILES string of the molecule is CCCNC(=O)C1CCCN(C(=O)C(CCSC)NC(=O)c2cccc([N+](=O)[O-])c2)C1. The van der Waals surface area contributed by atoms with Crippen LogP contribution < -0.4 is 10.6 Å². The Labute approximate surface area is 186 Å². The van der Waals surface area contributed by atoms with Crippen molar-refractivity contribution >= 4 is 35.2 Å². The highest BCUT2D eigenvalue weighted by Gasteiger charge is 2.32. The predicted octanol–water partition coefficient (Wildman–Crippen LogP) is 2.21. The van der Waals surface area contributed by atoms with Crippen molar-refractivity contribution in [1.82, 2.24) is 15.5 Å². The third-order valence-electron chi connectivity index (χ3n) is 5.19. The maximum Gasteiger partial charge on any atom is 0.270 e. The Bertz CT molecular complexity index is 804. The number of non-ortho nitro benzene ring substituents is 1. The Morgan fingerprint density at radius 2 is 2.13 bits per heavy atom. The Balaban J connectivity index is 2.09. The molecule has 0 aliphatic carbocycles. The van der Waals surface area contributed by atoms with Crippen LogP contribution in [0.4, 0.5) is 5.69 Å². The molecule has 9 nitrogen and oxygen atoms in total. The van der Waals surface area contributed by atoms with Gasteiger partial charge in [-0.3, -0.25) is 24.5 Å². The normalized spacial score (nSPS) is 17.0. The van der Waals surface area contributed by atoms with Gasteiger partial charge in [-0.1, -0.05) is 13.0 Å². The number of likely N-dealkylation sites (tertiary alicyclic amines) is 1. The van der Waals surface area contributed by atoms with Crippen molar-refractivity contribution < 1.29 is 19.3 Å². The molecular formula is C21H30N4O5S. The molecule has 31 heavy (non-hydrogen) atoms. The van der Waals surface area contributed by atoms with Crippen molar-refractivity contribution in [3.8, 4) is 0 Å². The second-order valence-electron chi connectivity index (χ2n) is 7.53. The fourth-order valence-corrected chi connectivity index (χ4v) is 3.97. The largest absolute Gasteiger partial charge is 0.356 e. The standard InChI is InChI=1S/C21H30N4O5S/c1-3-10-22-19(26)16-7-5-11-24(14-16)21(28)18(9-12-31-2)23-20(27)15-6-4-8-17(13-15)25(29)30/h4,6,8,13,16,18H,3,5,7,9-12,14H2,1-2H3,(H,22,26)(H,23,27). The highest BCUT2D eigenvalue weighted by molar-refractivity contribution is 7.98. The molecule has 3 amide bonds. The van der Waals surface area contributed by atoms with Crippen molar-refractivity contribution in [2.45, 2.75) is 38.6 Å². The number of carbonyl (C=O) groups is 3. The van der Waals surface area contributed by atoms with Crippen LogP contribution in [0.25, 0.3) is 0 Å². The molecule has 0 spiro atoms. The number of benzene rings is 1. The molecule has 1 aliphatic rings. The van der Waals surface area contributed by atoms with E-state index in [9.17, 15) is 24.5 Å². The van der Waals surface area contributed by atoms with Gasteiger partial charge >= 0.3 is 0 Å². The number of nitrogens with zero attached hydrogens (tertiary/aromatic N) is 2. The summed E-state index contributed by atoms with van der Waals surface area (Å²) in [7, 11) is 0. The zero-order valence-corrected chi connectivity index (χ0v) is 18.8. The number of nitro groups is 1. The molecular weight excluding hydrogens is 420 g/mol. The number of rotatable bonds is 10. The first-order valence-corrected chi connectivity index (χ1v) is 11.9. The third-order valence-corrected chi connectivity index (χ3v) is 5.83. The third kappa shape index (κ3) is 7.23. The Hall–Kier alpha value is -2.62. The number of carbonyl (C=O) groups excluding carboxylic acids is 3. The van der Waals surface area contributed by atoms with Gasteiger partial charge in [0, 0.05) is 37.3 Å². The van der Waals surface area contributed by atoms with Crippen LogP contribution in [-0.4, -0.2) is 65.2 Å². The fourth-order valence-electron chi connectivity index (χ4n) is 3.50. The maximum atomic E-state index is 13.2. The molecule has 0 saturated carbocycles. The molecule has 0 bridgehead atoms. The minimum atomic E-state index is -0.753. The van der Waals surface area contributed by atoms with Crippen LogP contribution in [0.2, 0.25) is 0 Å². The smallest absolute Gasteiger partial charge is 0.270 e. The van der Waals surface area contributed by atoms with Gasteiger partial charge in [0.1, 0.15) is 6.04 Å². The summed E-state index contributed by atoms with van der Waals surface area (Å²) in [4.78, 5) is 50.3. The van der Waals surface area contributed by atoms with E-state index in [2.05, 4.69) is 10.6 Å². The summed E-state index contributed by atoms with van der Waals surface area (Å²) in [6.45, 7) is 3.46. The van der Waals surface area contributed by atoms with Crippen molar-refractivity contribution in [3.05, 3.63) is 39.9 Å². The summed E-state index contributed by atoms with van der Waals surface area (Å²) in [5.74, 6) is -0.378. The molecule has 1 aromatic rings. The quantitative estimate of drug-likeness (QED) is 0.416. The monoisotopic (exact) mass is 450 g/mol. The van der Waals surface area contributed by atoms with Gasteiger partial charge in [-0.25, -0.2) is 0 Å². The fraction of sp³-hybridized carbons (Fsp3) is 0.571. The van der Waals surface area contributed by atoms with E-state index >= 15 is 0 Å². The van der Waals surface area contributed by atoms with Gasteiger partial charge in [0.05, 0.1) is 10.8 Å². The second-order valence-corrected chi connectivity index (χ2v) is 8.51. The van der Waals surface area contributed by atoms with E-state index < -0.39 is 16.9 Å². The van der Waals surface area contributed by atoms with E-state index in [1.165, 1.54) is 24.3 Å². The van der Waals surface area contributed by atoms with E-state index in [0.29, 0.717) is 31.8 Å². The first-order chi connectivity index (χ1) is 14.9. The first-order valence-electron chi connectivity index (χ1n) is 10.5. The van der Waals surface area contributed by atoms with Crippen LogP contribution in [0.3, 0.4) is 0 Å². The number of nitrogens with one attached hydrogen (secondary N) is 2. The van der Waals surface area contributed by atoms with Gasteiger partial charge in [-0.15, -0.1) is 0 Å². The van der Waals surface area contributed by atoms with Crippen LogP contribution in [0.5, 0.6) is 0 Å². The van der Waals surface area contributed by atoms with E-state index in [1.54, 1.807) is 16.7 Å². The molecule has 1 aliphatic heterocycles. The van der Waals surface area contributed by atoms with Crippen LogP contribution in [0, 0.1) is 16.0 Å². The summed E-state index contributed by atoms with van der Waals surface area (Å²) in [6.07, 6.45) is 4.66. The molecule has 2 unspecified atom stereocenters. The Morgan fingerprint density at radius 1 is 1.35 bits per heavy atom. The maximum absolute atomic E-state index is 13.2. The highest BCUT2D eigenvalue weighted by atomic mass is 32.2. The number of piperidine rings is 1. The topological polar surface area (TPSA) is 122 Å². The zero-order valence-electron chi connectivity index (χ0n) is 18.0. The minimum Gasteiger partial charge on any atom is -0.356 e. The molecule has 1 heterocycles. The molecule has 2 rings (SSSR count). The highest BCUT2D eigenvalue weighted by Crippen LogP contribution is 2.19. The average molecular weight is 451 g/mol. The van der Waals surface area contributed by atoms with Crippen LogP contribution in [0.15, 0.2) is 24.3 Å². The lowest BCUT2D eigenvalue weighted by Crippen LogP contribution is -2.53. The van der Waals surface area contributed by atoms with E-state index in [0.717, 1.165) is 19.3 Å². The number of amides is 3. The number of hydrogen-bond acceptors (Lipinski definition) is 6. The summed E-state index contributed by atoms with van der Waals surface area (Å²) >= 11 is 1.56. The van der Waals surface area contributed by atoms with E-state index in [4.69, 9.17) is 0 Å². The van der Waals surface area contributed by atoms with Crippen LogP contribution in [0.1, 0.15) is 43.0 Å². The van der Waals surface area contributed by atoms with Gasteiger partial charge in [-0.2, -0.15) is 11.8 Å². The lowest BCUT2D eigenvalue weighted by molar-refractivity contribution is -0.384. The predicted molar refractivity (Wildman–Crippen MR) is 120 cm³/mol. The Kier molecular flexibility index (Phi) is 9.77. The average Bonchev–Trinajstić information content (AvgIpc) is 2.79. The second kappa shape index (κ2) is 12.3. The molecule has 0 radical (unpaired) electrons. The number of hydrogen-bond donors (Lipinski definition) is 2. The summed E-state index contributed by atoms with van der Waals surface area (Å²) in [5.41, 5.74) is -0.0526. The molecule has 1 fully saturated rings. The van der Waals surface area contributed by atoms with E-state index in [-0.39, 0.29) is 29.0 Å². The van der Waals surface area contributed by atoms with Gasteiger partial charge in [-0.05, 0) is 43.8 Å². The first kappa shape index (κ1) is 24.6. The molecule has 1 saturated heterocycles. The van der Waals surface area contributed by atoms with Gasteiger partial charge < -0.3 is 15.5 Å². The van der Waals surface area contributed by atoms with Crippen molar-refractivity contribution in [2.24, 2.45) is 5.92 Å². The molecule has 1 aromatic carbocycles. The van der Waals surface area contributed by atoms with Crippen LogP contribution in [-0.2, 0) is 9.59 Å². The number of thioether (sulfide) groups is 1. The molecule has 0 aromatic heterocycles. The molecule has 2 atom stereocenters. The summed E-state index contributed by atoms with van der Waals surface area (Å²) in [5, 5.41) is 16.6. The summed E-state index contributed by atoms with van der Waals surface area (Å²) < 4.78 is 0. The van der Waals surface area contributed by atoms with Crippen molar-refractivity contribution in [3.63, 3.8) is 0 Å². The van der Waals surface area contributed by atoms with Crippen molar-refractivity contribution in [2.75, 3.05) is 31.6 Å².